The van der Waals surface area contributed by atoms with E-state index in [1.807, 2.05) is 5.38 Å². The van der Waals surface area contributed by atoms with Crippen molar-refractivity contribution in [1.29, 1.82) is 0 Å². The normalized spacial score (nSPS) is 17.7. The van der Waals surface area contributed by atoms with Gasteiger partial charge in [-0.3, -0.25) is 4.40 Å². The molecule has 1 saturated carbocycles. The Hall–Kier alpha value is -1.16. The van der Waals surface area contributed by atoms with Crippen LogP contribution < -0.4 is 11.3 Å². The van der Waals surface area contributed by atoms with Gasteiger partial charge in [-0.05, 0) is 12.8 Å². The second-order valence-corrected chi connectivity index (χ2v) is 8.06. The number of nitrogens with two attached hydrogens (primary N) is 1. The van der Waals surface area contributed by atoms with E-state index in [0.29, 0.717) is 4.96 Å². The predicted octanol–water partition coefficient (Wildman–Crippen LogP) is 1.63. The topological polar surface area (TPSA) is 92.7 Å². The fraction of sp³-hybridized carbons (Fsp3) is 0.583. The summed E-state index contributed by atoms with van der Waals surface area (Å²) in [5.74, 6) is 5.64. The van der Waals surface area contributed by atoms with E-state index in [1.165, 1.54) is 22.1 Å². The molecule has 0 spiro atoms. The number of hydrogen-bond acceptors (Lipinski definition) is 6. The monoisotopic (exact) mass is 329 g/mol. The Morgan fingerprint density at radius 3 is 2.81 bits per heavy atom. The molecular formula is C12H19N5O2S2. The van der Waals surface area contributed by atoms with E-state index in [0.717, 1.165) is 25.7 Å². The molecule has 9 heteroatoms. The maximum atomic E-state index is 13.0. The lowest BCUT2D eigenvalue weighted by molar-refractivity contribution is 0.285. The van der Waals surface area contributed by atoms with Crippen molar-refractivity contribution >= 4 is 32.1 Å². The molecule has 3 rings (SSSR count). The number of aromatic nitrogens is 2. The van der Waals surface area contributed by atoms with Crippen LogP contribution in [0.4, 0.5) is 5.82 Å². The third-order valence-electron chi connectivity index (χ3n) is 4.07. The van der Waals surface area contributed by atoms with Gasteiger partial charge in [0.25, 0.3) is 10.0 Å². The first kappa shape index (κ1) is 14.8. The van der Waals surface area contributed by atoms with Gasteiger partial charge in [0.2, 0.25) is 5.03 Å². The van der Waals surface area contributed by atoms with Crippen LogP contribution in [0, 0.1) is 0 Å². The Bertz CT molecular complexity index is 730. The molecule has 0 atom stereocenters. The lowest BCUT2D eigenvalue weighted by Gasteiger charge is -2.30. The van der Waals surface area contributed by atoms with Gasteiger partial charge in [-0.1, -0.05) is 19.3 Å². The minimum atomic E-state index is -3.64. The summed E-state index contributed by atoms with van der Waals surface area (Å²) in [4.78, 5) is 4.83. The molecule has 116 valence electrons. The minimum absolute atomic E-state index is 0.0542. The summed E-state index contributed by atoms with van der Waals surface area (Å²) < 4.78 is 29.0. The highest BCUT2D eigenvalue weighted by Gasteiger charge is 2.34. The molecule has 0 aromatic carbocycles. The molecule has 0 saturated heterocycles. The Balaban J connectivity index is 2.04. The van der Waals surface area contributed by atoms with Crippen LogP contribution in [0.15, 0.2) is 16.6 Å². The van der Waals surface area contributed by atoms with Gasteiger partial charge in [0.15, 0.2) is 10.8 Å². The van der Waals surface area contributed by atoms with Crippen molar-refractivity contribution in [2.45, 2.75) is 43.2 Å². The Morgan fingerprint density at radius 2 is 2.14 bits per heavy atom. The second-order valence-electron chi connectivity index (χ2n) is 5.28. The number of thiazole rings is 1. The van der Waals surface area contributed by atoms with Crippen molar-refractivity contribution in [3.8, 4) is 0 Å². The number of nitrogens with one attached hydrogen (secondary N) is 1. The third-order valence-corrected chi connectivity index (χ3v) is 6.76. The SMILES string of the molecule is CN(C1CCCCC1)S(=O)(=O)c1c(NN)nc2sccn12. The van der Waals surface area contributed by atoms with Crippen molar-refractivity contribution in [1.82, 2.24) is 13.7 Å². The molecule has 0 amide bonds. The summed E-state index contributed by atoms with van der Waals surface area (Å²) >= 11 is 1.37. The zero-order chi connectivity index (χ0) is 15.0. The summed E-state index contributed by atoms with van der Waals surface area (Å²) in [6.07, 6.45) is 6.86. The number of imidazole rings is 1. The van der Waals surface area contributed by atoms with Crippen molar-refractivity contribution in [3.63, 3.8) is 0 Å². The number of sulfonamides is 1. The number of hydrazine groups is 1. The molecule has 0 unspecified atom stereocenters. The molecule has 1 aliphatic rings. The highest BCUT2D eigenvalue weighted by atomic mass is 32.2. The summed E-state index contributed by atoms with van der Waals surface area (Å²) in [7, 11) is -1.99. The number of fused-ring (bicyclic) bond motifs is 1. The Kier molecular flexibility index (Phi) is 3.91. The average molecular weight is 329 g/mol. The molecule has 0 radical (unpaired) electrons. The van der Waals surface area contributed by atoms with Crippen LogP contribution >= 0.6 is 11.3 Å². The van der Waals surface area contributed by atoms with E-state index >= 15 is 0 Å². The van der Waals surface area contributed by atoms with Gasteiger partial charge in [0.05, 0.1) is 0 Å². The smallest absolute Gasteiger partial charge is 0.262 e. The maximum absolute atomic E-state index is 13.0. The third kappa shape index (κ3) is 2.44. The van der Waals surface area contributed by atoms with Crippen LogP contribution in [0.2, 0.25) is 0 Å². The van der Waals surface area contributed by atoms with Gasteiger partial charge in [-0.25, -0.2) is 14.3 Å². The number of hydrogen-bond donors (Lipinski definition) is 2. The summed E-state index contributed by atoms with van der Waals surface area (Å²) in [5, 5.41) is 1.93. The van der Waals surface area contributed by atoms with Gasteiger partial charge >= 0.3 is 0 Å². The molecule has 7 nitrogen and oxygen atoms in total. The fourth-order valence-corrected chi connectivity index (χ4v) is 5.28. The first-order chi connectivity index (χ1) is 10.1. The molecule has 1 fully saturated rings. The number of nitrogens with zero attached hydrogens (tertiary/aromatic N) is 3. The van der Waals surface area contributed by atoms with Crippen molar-refractivity contribution < 1.29 is 8.42 Å². The predicted molar refractivity (Wildman–Crippen MR) is 82.7 cm³/mol. The van der Waals surface area contributed by atoms with Crippen molar-refractivity contribution in [3.05, 3.63) is 11.6 Å². The quantitative estimate of drug-likeness (QED) is 0.657. The number of rotatable bonds is 4. The Morgan fingerprint density at radius 1 is 1.43 bits per heavy atom. The van der Waals surface area contributed by atoms with Gasteiger partial charge in [-0.2, -0.15) is 9.29 Å². The van der Waals surface area contributed by atoms with Crippen molar-refractivity contribution in [2.75, 3.05) is 12.5 Å². The van der Waals surface area contributed by atoms with E-state index in [-0.39, 0.29) is 16.9 Å². The molecule has 2 aromatic rings. The second kappa shape index (κ2) is 5.56. The minimum Gasteiger partial charge on any atom is -0.306 e. The molecule has 0 bridgehead atoms. The lowest BCUT2D eigenvalue weighted by Crippen LogP contribution is -2.39. The summed E-state index contributed by atoms with van der Waals surface area (Å²) in [6.45, 7) is 0. The van der Waals surface area contributed by atoms with Gasteiger partial charge in [0, 0.05) is 24.7 Å². The van der Waals surface area contributed by atoms with E-state index in [1.54, 1.807) is 17.6 Å². The van der Waals surface area contributed by atoms with Gasteiger partial charge in [-0.15, -0.1) is 11.3 Å². The van der Waals surface area contributed by atoms with E-state index in [9.17, 15) is 8.42 Å². The van der Waals surface area contributed by atoms with Gasteiger partial charge in [0.1, 0.15) is 0 Å². The van der Waals surface area contributed by atoms with E-state index in [4.69, 9.17) is 5.84 Å². The first-order valence-electron chi connectivity index (χ1n) is 6.96. The fourth-order valence-electron chi connectivity index (χ4n) is 2.88. The van der Waals surface area contributed by atoms with E-state index in [2.05, 4.69) is 10.4 Å². The molecule has 3 N–H and O–H groups in total. The lowest BCUT2D eigenvalue weighted by atomic mass is 9.96. The standard InChI is InChI=1S/C12H19N5O2S2/c1-16(9-5-3-2-4-6-9)21(18,19)11-10(15-13)14-12-17(11)7-8-20-12/h7-9,15H,2-6,13H2,1H3. The molecular weight excluding hydrogens is 310 g/mol. The van der Waals surface area contributed by atoms with Crippen LogP contribution in [0.1, 0.15) is 32.1 Å². The Labute approximate surface area is 127 Å². The first-order valence-corrected chi connectivity index (χ1v) is 9.28. The average Bonchev–Trinajstić information content (AvgIpc) is 3.06. The number of anilines is 1. The van der Waals surface area contributed by atoms with Gasteiger partial charge < -0.3 is 5.43 Å². The molecule has 2 heterocycles. The zero-order valence-corrected chi connectivity index (χ0v) is 13.5. The van der Waals surface area contributed by atoms with Crippen LogP contribution in [0.5, 0.6) is 0 Å². The van der Waals surface area contributed by atoms with Crippen LogP contribution in [-0.4, -0.2) is 35.2 Å². The van der Waals surface area contributed by atoms with Crippen LogP contribution in [0.25, 0.3) is 4.96 Å². The largest absolute Gasteiger partial charge is 0.306 e. The zero-order valence-electron chi connectivity index (χ0n) is 11.8. The molecule has 21 heavy (non-hydrogen) atoms. The highest BCUT2D eigenvalue weighted by molar-refractivity contribution is 7.89. The molecule has 0 aliphatic heterocycles. The summed E-state index contributed by atoms with van der Waals surface area (Å²) in [6, 6.07) is 0.0542. The van der Waals surface area contributed by atoms with Crippen molar-refractivity contribution in [2.24, 2.45) is 5.84 Å². The number of nitrogen functional groups attached to an aromatic ring is 1. The molecule has 1 aliphatic carbocycles. The summed E-state index contributed by atoms with van der Waals surface area (Å²) in [5.41, 5.74) is 2.40. The highest BCUT2D eigenvalue weighted by Crippen LogP contribution is 2.31. The van der Waals surface area contributed by atoms with Crippen LogP contribution in [0.3, 0.4) is 0 Å². The van der Waals surface area contributed by atoms with Crippen LogP contribution in [-0.2, 0) is 10.0 Å². The maximum Gasteiger partial charge on any atom is 0.262 e. The van der Waals surface area contributed by atoms with E-state index < -0.39 is 10.0 Å². The molecule has 2 aromatic heterocycles.